The van der Waals surface area contributed by atoms with E-state index in [1.807, 2.05) is 24.0 Å². The summed E-state index contributed by atoms with van der Waals surface area (Å²) in [6, 6.07) is 4.56. The minimum Gasteiger partial charge on any atom is -0.313 e. The summed E-state index contributed by atoms with van der Waals surface area (Å²) in [6.45, 7) is 4.22. The smallest absolute Gasteiger partial charge is 0.138 e. The summed E-state index contributed by atoms with van der Waals surface area (Å²) in [6.07, 6.45) is 6.09. The van der Waals surface area contributed by atoms with Crippen molar-refractivity contribution >= 4 is 0 Å². The van der Waals surface area contributed by atoms with Gasteiger partial charge in [-0.3, -0.25) is 4.98 Å². The Morgan fingerprint density at radius 1 is 1.39 bits per heavy atom. The van der Waals surface area contributed by atoms with Crippen LogP contribution in [0.25, 0.3) is 0 Å². The Balaban J connectivity index is 2.18. The predicted molar refractivity (Wildman–Crippen MR) is 70.1 cm³/mol. The van der Waals surface area contributed by atoms with E-state index in [1.54, 1.807) is 12.5 Å². The zero-order chi connectivity index (χ0) is 13.0. The van der Waals surface area contributed by atoms with Gasteiger partial charge in [-0.05, 0) is 32.5 Å². The van der Waals surface area contributed by atoms with Crippen LogP contribution in [-0.4, -0.2) is 26.8 Å². The first-order chi connectivity index (χ1) is 8.72. The number of pyridine rings is 1. The Morgan fingerprint density at radius 3 is 2.83 bits per heavy atom. The molecule has 96 valence electrons. The van der Waals surface area contributed by atoms with Crippen molar-refractivity contribution in [3.05, 3.63) is 42.2 Å². The average Bonchev–Trinajstić information content (AvgIpc) is 2.85. The molecule has 0 saturated heterocycles. The lowest BCUT2D eigenvalue weighted by Gasteiger charge is -2.17. The lowest BCUT2D eigenvalue weighted by atomic mass is 10.1. The summed E-state index contributed by atoms with van der Waals surface area (Å²) in [7, 11) is 1.95. The second-order valence-electron chi connectivity index (χ2n) is 4.55. The topological polar surface area (TPSA) is 55.6 Å². The number of likely N-dealkylation sites (N-methyl/N-ethyl adjacent to an activating group) is 1. The second kappa shape index (κ2) is 5.73. The van der Waals surface area contributed by atoms with Crippen molar-refractivity contribution in [2.45, 2.75) is 32.4 Å². The van der Waals surface area contributed by atoms with Crippen LogP contribution in [0.3, 0.4) is 0 Å². The van der Waals surface area contributed by atoms with Gasteiger partial charge in [0.25, 0.3) is 0 Å². The fraction of sp³-hybridized carbons (Fsp3) is 0.462. The van der Waals surface area contributed by atoms with Crippen LogP contribution in [0.15, 0.2) is 30.9 Å². The molecule has 5 heteroatoms. The third kappa shape index (κ3) is 2.73. The predicted octanol–water partition coefficient (Wildman–Crippen LogP) is 1.76. The SMILES string of the molecule is CNC(Cc1ncnn1C(C)C)c1cccnc1. The van der Waals surface area contributed by atoms with E-state index >= 15 is 0 Å². The van der Waals surface area contributed by atoms with E-state index in [2.05, 4.69) is 40.3 Å². The highest BCUT2D eigenvalue weighted by molar-refractivity contribution is 5.15. The third-order valence-electron chi connectivity index (χ3n) is 2.96. The third-order valence-corrected chi connectivity index (χ3v) is 2.96. The molecule has 1 unspecified atom stereocenters. The van der Waals surface area contributed by atoms with Crippen molar-refractivity contribution in [1.29, 1.82) is 0 Å². The van der Waals surface area contributed by atoms with Gasteiger partial charge in [0, 0.05) is 30.9 Å². The van der Waals surface area contributed by atoms with Crippen LogP contribution < -0.4 is 5.32 Å². The maximum atomic E-state index is 4.34. The molecule has 2 aromatic heterocycles. The molecule has 0 fully saturated rings. The first kappa shape index (κ1) is 12.7. The highest BCUT2D eigenvalue weighted by Crippen LogP contribution is 2.17. The first-order valence-corrected chi connectivity index (χ1v) is 6.18. The Morgan fingerprint density at radius 2 is 2.22 bits per heavy atom. The standard InChI is InChI=1S/C13H19N5/c1-10(2)18-13(16-9-17-18)7-12(14-3)11-5-4-6-15-8-11/h4-6,8-10,12,14H,7H2,1-3H3. The maximum absolute atomic E-state index is 4.34. The van der Waals surface area contributed by atoms with Gasteiger partial charge in [0.2, 0.25) is 0 Å². The number of aromatic nitrogens is 4. The summed E-state index contributed by atoms with van der Waals surface area (Å²) in [5.74, 6) is 0.994. The van der Waals surface area contributed by atoms with Gasteiger partial charge < -0.3 is 5.32 Å². The largest absolute Gasteiger partial charge is 0.313 e. The Kier molecular flexibility index (Phi) is 4.04. The van der Waals surface area contributed by atoms with E-state index in [-0.39, 0.29) is 6.04 Å². The van der Waals surface area contributed by atoms with E-state index in [0.717, 1.165) is 12.2 Å². The number of nitrogens with one attached hydrogen (secondary N) is 1. The van der Waals surface area contributed by atoms with Crippen LogP contribution in [-0.2, 0) is 6.42 Å². The van der Waals surface area contributed by atoms with Gasteiger partial charge >= 0.3 is 0 Å². The Bertz CT molecular complexity index is 477. The van der Waals surface area contributed by atoms with Crippen LogP contribution in [0.2, 0.25) is 0 Å². The van der Waals surface area contributed by atoms with Crippen molar-refractivity contribution in [3.63, 3.8) is 0 Å². The van der Waals surface area contributed by atoms with Crippen molar-refractivity contribution in [1.82, 2.24) is 25.1 Å². The Hall–Kier alpha value is -1.75. The minimum absolute atomic E-state index is 0.209. The van der Waals surface area contributed by atoms with E-state index in [4.69, 9.17) is 0 Å². The van der Waals surface area contributed by atoms with Crippen molar-refractivity contribution < 1.29 is 0 Å². The Labute approximate surface area is 107 Å². The van der Waals surface area contributed by atoms with Crippen LogP contribution >= 0.6 is 0 Å². The molecule has 18 heavy (non-hydrogen) atoms. The lowest BCUT2D eigenvalue weighted by Crippen LogP contribution is -2.21. The molecule has 2 rings (SSSR count). The zero-order valence-electron chi connectivity index (χ0n) is 11.0. The molecule has 0 saturated carbocycles. The number of nitrogens with zero attached hydrogens (tertiary/aromatic N) is 4. The molecule has 2 heterocycles. The zero-order valence-corrected chi connectivity index (χ0v) is 11.0. The molecular weight excluding hydrogens is 226 g/mol. The molecule has 5 nitrogen and oxygen atoms in total. The van der Waals surface area contributed by atoms with E-state index in [1.165, 1.54) is 5.56 Å². The van der Waals surface area contributed by atoms with Gasteiger partial charge in [-0.1, -0.05) is 6.07 Å². The van der Waals surface area contributed by atoms with Crippen LogP contribution in [0, 0.1) is 0 Å². The van der Waals surface area contributed by atoms with Gasteiger partial charge in [-0.2, -0.15) is 5.10 Å². The first-order valence-electron chi connectivity index (χ1n) is 6.18. The molecule has 0 spiro atoms. The molecule has 0 aromatic carbocycles. The van der Waals surface area contributed by atoms with Crippen LogP contribution in [0.5, 0.6) is 0 Å². The molecule has 0 bridgehead atoms. The van der Waals surface area contributed by atoms with Gasteiger partial charge in [0.15, 0.2) is 0 Å². The van der Waals surface area contributed by atoms with E-state index < -0.39 is 0 Å². The van der Waals surface area contributed by atoms with Crippen LogP contribution in [0.4, 0.5) is 0 Å². The summed E-state index contributed by atoms with van der Waals surface area (Å²) in [5, 5.41) is 7.56. The number of hydrogen-bond acceptors (Lipinski definition) is 4. The maximum Gasteiger partial charge on any atom is 0.138 e. The van der Waals surface area contributed by atoms with Gasteiger partial charge in [0.1, 0.15) is 12.2 Å². The van der Waals surface area contributed by atoms with E-state index in [9.17, 15) is 0 Å². The van der Waals surface area contributed by atoms with Crippen LogP contribution in [0.1, 0.15) is 37.3 Å². The highest BCUT2D eigenvalue weighted by Gasteiger charge is 2.15. The number of hydrogen-bond donors (Lipinski definition) is 1. The molecule has 0 radical (unpaired) electrons. The fourth-order valence-electron chi connectivity index (χ4n) is 2.00. The van der Waals surface area contributed by atoms with Gasteiger partial charge in [0.05, 0.1) is 0 Å². The molecule has 0 amide bonds. The minimum atomic E-state index is 0.209. The van der Waals surface area contributed by atoms with Gasteiger partial charge in [-0.25, -0.2) is 9.67 Å². The second-order valence-corrected chi connectivity index (χ2v) is 4.55. The molecule has 1 N–H and O–H groups in total. The molecule has 0 aliphatic carbocycles. The van der Waals surface area contributed by atoms with Gasteiger partial charge in [-0.15, -0.1) is 0 Å². The fourth-order valence-corrected chi connectivity index (χ4v) is 2.00. The summed E-state index contributed by atoms with van der Waals surface area (Å²) in [5.41, 5.74) is 1.17. The molecule has 0 aliphatic rings. The van der Waals surface area contributed by atoms with Crippen molar-refractivity contribution in [2.24, 2.45) is 0 Å². The monoisotopic (exact) mass is 245 g/mol. The molecule has 1 atom stereocenters. The average molecular weight is 245 g/mol. The number of rotatable bonds is 5. The quantitative estimate of drug-likeness (QED) is 0.872. The lowest BCUT2D eigenvalue weighted by molar-refractivity contribution is 0.477. The molecular formula is C13H19N5. The van der Waals surface area contributed by atoms with Crippen molar-refractivity contribution in [3.8, 4) is 0 Å². The summed E-state index contributed by atoms with van der Waals surface area (Å²) >= 11 is 0. The highest BCUT2D eigenvalue weighted by atomic mass is 15.3. The molecule has 2 aromatic rings. The normalized spacial score (nSPS) is 12.9. The van der Waals surface area contributed by atoms with Crippen molar-refractivity contribution in [2.75, 3.05) is 7.05 Å². The van der Waals surface area contributed by atoms with E-state index in [0.29, 0.717) is 6.04 Å². The summed E-state index contributed by atoms with van der Waals surface area (Å²) in [4.78, 5) is 8.50. The summed E-state index contributed by atoms with van der Waals surface area (Å²) < 4.78 is 1.96. The molecule has 0 aliphatic heterocycles.